The van der Waals surface area contributed by atoms with E-state index in [1.54, 1.807) is 6.92 Å². The van der Waals surface area contributed by atoms with E-state index in [2.05, 4.69) is 15.4 Å². The number of hydrogen-bond donors (Lipinski definition) is 2. The molecule has 92 valence electrons. The van der Waals surface area contributed by atoms with Crippen molar-refractivity contribution < 1.29 is 14.3 Å². The summed E-state index contributed by atoms with van der Waals surface area (Å²) in [7, 11) is 1.31. The first kappa shape index (κ1) is 13.0. The highest BCUT2D eigenvalue weighted by molar-refractivity contribution is 5.87. The monoisotopic (exact) mass is 228 g/mol. The van der Waals surface area contributed by atoms with Crippen molar-refractivity contribution in [2.45, 2.75) is 38.8 Å². The van der Waals surface area contributed by atoms with E-state index in [1.807, 2.05) is 6.92 Å². The molecule has 5 nitrogen and oxygen atoms in total. The van der Waals surface area contributed by atoms with Gasteiger partial charge < -0.3 is 15.4 Å². The fourth-order valence-corrected chi connectivity index (χ4v) is 1.94. The zero-order valence-corrected chi connectivity index (χ0v) is 10.1. The Labute approximate surface area is 95.9 Å². The molecular formula is C11H20N2O3. The summed E-state index contributed by atoms with van der Waals surface area (Å²) in [5, 5.41) is 5.82. The zero-order chi connectivity index (χ0) is 12.1. The molecule has 5 heteroatoms. The maximum absolute atomic E-state index is 11.9. The summed E-state index contributed by atoms with van der Waals surface area (Å²) >= 11 is 0. The third-order valence-electron chi connectivity index (χ3n) is 2.97. The first-order chi connectivity index (χ1) is 7.56. The van der Waals surface area contributed by atoms with Crippen LogP contribution < -0.4 is 10.6 Å². The third kappa shape index (κ3) is 3.20. The molecule has 2 N–H and O–H groups in total. The van der Waals surface area contributed by atoms with Crippen LogP contribution in [0.4, 0.5) is 0 Å². The summed E-state index contributed by atoms with van der Waals surface area (Å²) in [5.74, 6) is -0.236. The lowest BCUT2D eigenvalue weighted by Crippen LogP contribution is -2.54. The average molecular weight is 228 g/mol. The lowest BCUT2D eigenvalue weighted by molar-refractivity contribution is -0.145. The fraction of sp³-hybridized carbons (Fsp3) is 0.818. The molecule has 16 heavy (non-hydrogen) atoms. The van der Waals surface area contributed by atoms with Gasteiger partial charge in [0, 0.05) is 0 Å². The number of piperidine rings is 1. The molecule has 0 radical (unpaired) electrons. The van der Waals surface area contributed by atoms with E-state index in [9.17, 15) is 9.59 Å². The van der Waals surface area contributed by atoms with Crippen molar-refractivity contribution in [3.63, 3.8) is 0 Å². The van der Waals surface area contributed by atoms with Crippen molar-refractivity contribution in [1.29, 1.82) is 0 Å². The Balaban J connectivity index is 2.47. The van der Waals surface area contributed by atoms with Crippen molar-refractivity contribution in [3.05, 3.63) is 0 Å². The lowest BCUT2D eigenvalue weighted by Gasteiger charge is -2.29. The van der Waals surface area contributed by atoms with E-state index in [-0.39, 0.29) is 11.9 Å². The van der Waals surface area contributed by atoms with Gasteiger partial charge in [-0.1, -0.05) is 6.92 Å². The molecule has 1 aliphatic heterocycles. The summed E-state index contributed by atoms with van der Waals surface area (Å²) in [6.45, 7) is 4.52. The maximum atomic E-state index is 11.9. The van der Waals surface area contributed by atoms with Gasteiger partial charge in [-0.15, -0.1) is 0 Å². The van der Waals surface area contributed by atoms with Gasteiger partial charge in [-0.05, 0) is 32.2 Å². The summed E-state index contributed by atoms with van der Waals surface area (Å²) < 4.78 is 4.55. The van der Waals surface area contributed by atoms with Gasteiger partial charge in [0.05, 0.1) is 13.2 Å². The van der Waals surface area contributed by atoms with E-state index in [1.165, 1.54) is 7.11 Å². The standard InChI is InChI=1S/C11H20N2O3/c1-7-5-4-6-12-9(7)10(14)13-8(2)11(15)16-3/h7-9,12H,4-6H2,1-3H3,(H,13,14)/t7?,8-,9?/m0/s1. The number of carbonyl (C=O) groups is 2. The summed E-state index contributed by atoms with van der Waals surface area (Å²) in [4.78, 5) is 23.0. The molecule has 0 saturated carbocycles. The molecule has 1 fully saturated rings. The molecule has 1 aliphatic rings. The first-order valence-electron chi connectivity index (χ1n) is 5.68. The number of hydrogen-bond acceptors (Lipinski definition) is 4. The van der Waals surface area contributed by atoms with E-state index < -0.39 is 12.0 Å². The van der Waals surface area contributed by atoms with Gasteiger partial charge in [0.15, 0.2) is 0 Å². The van der Waals surface area contributed by atoms with Crippen LogP contribution in [-0.2, 0) is 14.3 Å². The quantitative estimate of drug-likeness (QED) is 0.670. The van der Waals surface area contributed by atoms with Crippen molar-refractivity contribution in [2.75, 3.05) is 13.7 Å². The van der Waals surface area contributed by atoms with Gasteiger partial charge in [0.2, 0.25) is 5.91 Å². The predicted octanol–water partition coefficient (Wildman–Crippen LogP) is 0.0522. The van der Waals surface area contributed by atoms with Crippen molar-refractivity contribution in [1.82, 2.24) is 10.6 Å². The maximum Gasteiger partial charge on any atom is 0.328 e. The number of carbonyl (C=O) groups excluding carboxylic acids is 2. The normalized spacial score (nSPS) is 26.9. The van der Waals surface area contributed by atoms with E-state index in [0.29, 0.717) is 5.92 Å². The Morgan fingerprint density at radius 3 is 2.75 bits per heavy atom. The number of amides is 1. The van der Waals surface area contributed by atoms with Gasteiger partial charge in [0.1, 0.15) is 6.04 Å². The Morgan fingerprint density at radius 2 is 2.19 bits per heavy atom. The van der Waals surface area contributed by atoms with Gasteiger partial charge >= 0.3 is 5.97 Å². The minimum Gasteiger partial charge on any atom is -0.467 e. The number of methoxy groups -OCH3 is 1. The third-order valence-corrected chi connectivity index (χ3v) is 2.97. The molecule has 1 amide bonds. The zero-order valence-electron chi connectivity index (χ0n) is 10.1. The van der Waals surface area contributed by atoms with E-state index >= 15 is 0 Å². The van der Waals surface area contributed by atoms with Crippen molar-refractivity contribution >= 4 is 11.9 Å². The fourth-order valence-electron chi connectivity index (χ4n) is 1.94. The molecule has 0 aromatic heterocycles. The van der Waals surface area contributed by atoms with Crippen LogP contribution in [0.15, 0.2) is 0 Å². The Kier molecular flexibility index (Phi) is 4.73. The van der Waals surface area contributed by atoms with E-state index in [0.717, 1.165) is 19.4 Å². The minimum absolute atomic E-state index is 0.120. The van der Waals surface area contributed by atoms with Crippen LogP contribution in [0.25, 0.3) is 0 Å². The molecule has 0 aromatic rings. The molecule has 0 aromatic carbocycles. The second-order valence-corrected chi connectivity index (χ2v) is 4.30. The van der Waals surface area contributed by atoms with Crippen LogP contribution in [0.1, 0.15) is 26.7 Å². The van der Waals surface area contributed by atoms with Crippen LogP contribution in [0.3, 0.4) is 0 Å². The van der Waals surface area contributed by atoms with Gasteiger partial charge in [0.25, 0.3) is 0 Å². The topological polar surface area (TPSA) is 67.4 Å². The van der Waals surface area contributed by atoms with Crippen molar-refractivity contribution in [3.8, 4) is 0 Å². The second-order valence-electron chi connectivity index (χ2n) is 4.30. The minimum atomic E-state index is -0.589. The molecule has 0 bridgehead atoms. The number of nitrogens with one attached hydrogen (secondary N) is 2. The molecule has 2 unspecified atom stereocenters. The van der Waals surface area contributed by atoms with Crippen LogP contribution >= 0.6 is 0 Å². The smallest absolute Gasteiger partial charge is 0.328 e. The molecule has 0 spiro atoms. The molecule has 1 heterocycles. The highest BCUT2D eigenvalue weighted by Gasteiger charge is 2.29. The summed E-state index contributed by atoms with van der Waals surface area (Å²) in [6.07, 6.45) is 2.13. The average Bonchev–Trinajstić information content (AvgIpc) is 2.28. The number of ether oxygens (including phenoxy) is 1. The Morgan fingerprint density at radius 1 is 1.50 bits per heavy atom. The predicted molar refractivity (Wildman–Crippen MR) is 59.8 cm³/mol. The summed E-state index contributed by atoms with van der Waals surface area (Å²) in [6, 6.07) is -0.783. The van der Waals surface area contributed by atoms with Crippen LogP contribution in [0.5, 0.6) is 0 Å². The molecule has 1 rings (SSSR count). The van der Waals surface area contributed by atoms with Crippen molar-refractivity contribution in [2.24, 2.45) is 5.92 Å². The van der Waals surface area contributed by atoms with Gasteiger partial charge in [-0.3, -0.25) is 4.79 Å². The van der Waals surface area contributed by atoms with Gasteiger partial charge in [-0.25, -0.2) is 4.79 Å². The molecule has 0 aliphatic carbocycles. The lowest BCUT2D eigenvalue weighted by atomic mass is 9.92. The summed E-state index contributed by atoms with van der Waals surface area (Å²) in [5.41, 5.74) is 0. The Hall–Kier alpha value is -1.10. The van der Waals surface area contributed by atoms with Gasteiger partial charge in [-0.2, -0.15) is 0 Å². The highest BCUT2D eigenvalue weighted by Crippen LogP contribution is 2.15. The van der Waals surface area contributed by atoms with Crippen LogP contribution in [-0.4, -0.2) is 37.6 Å². The Bertz CT molecular complexity index is 268. The van der Waals surface area contributed by atoms with Crippen LogP contribution in [0, 0.1) is 5.92 Å². The molecule has 3 atom stereocenters. The number of esters is 1. The number of rotatable bonds is 3. The SMILES string of the molecule is COC(=O)[C@H](C)NC(=O)C1NCCCC1C. The molecular weight excluding hydrogens is 208 g/mol. The second kappa shape index (κ2) is 5.84. The highest BCUT2D eigenvalue weighted by atomic mass is 16.5. The van der Waals surface area contributed by atoms with Crippen LogP contribution in [0.2, 0.25) is 0 Å². The largest absolute Gasteiger partial charge is 0.467 e. The molecule has 1 saturated heterocycles. The first-order valence-corrected chi connectivity index (χ1v) is 5.68. The van der Waals surface area contributed by atoms with E-state index in [4.69, 9.17) is 0 Å².